The number of nitrogens with one attached hydrogen (secondary N) is 1. The van der Waals surface area contributed by atoms with Crippen molar-refractivity contribution in [3.63, 3.8) is 0 Å². The molecule has 2 N–H and O–H groups in total. The normalized spacial score (nSPS) is 11.8. The number of benzene rings is 3. The first-order valence-electron chi connectivity index (χ1n) is 7.72. The van der Waals surface area contributed by atoms with Gasteiger partial charge in [-0.2, -0.15) is 8.42 Å². The first kappa shape index (κ1) is 16.5. The summed E-state index contributed by atoms with van der Waals surface area (Å²) in [5.74, 6) is 0.447. The maximum atomic E-state index is 11.7. The van der Waals surface area contributed by atoms with Crippen LogP contribution in [0.5, 0.6) is 0 Å². The summed E-state index contributed by atoms with van der Waals surface area (Å²) in [6.45, 7) is 4.26. The van der Waals surface area contributed by atoms with Crippen LogP contribution in [0.25, 0.3) is 10.8 Å². The van der Waals surface area contributed by atoms with Crippen molar-refractivity contribution in [1.29, 1.82) is 0 Å². The molecule has 0 aliphatic carbocycles. The summed E-state index contributed by atoms with van der Waals surface area (Å²) in [6.07, 6.45) is 0. The zero-order valence-electron chi connectivity index (χ0n) is 13.5. The van der Waals surface area contributed by atoms with Gasteiger partial charge in [0.15, 0.2) is 0 Å². The molecule has 0 amide bonds. The predicted molar refractivity (Wildman–Crippen MR) is 97.6 cm³/mol. The van der Waals surface area contributed by atoms with Crippen LogP contribution in [0.1, 0.15) is 25.3 Å². The third-order valence-corrected chi connectivity index (χ3v) is 4.90. The van der Waals surface area contributed by atoms with Gasteiger partial charge in [-0.05, 0) is 41.1 Å². The van der Waals surface area contributed by atoms with Crippen LogP contribution in [-0.4, -0.2) is 13.0 Å². The Hall–Kier alpha value is -2.37. The van der Waals surface area contributed by atoms with Crippen LogP contribution < -0.4 is 5.32 Å². The second-order valence-electron chi connectivity index (χ2n) is 6.04. The Morgan fingerprint density at radius 3 is 2.12 bits per heavy atom. The van der Waals surface area contributed by atoms with Gasteiger partial charge in [-0.3, -0.25) is 4.55 Å². The summed E-state index contributed by atoms with van der Waals surface area (Å²) in [5, 5.41) is 4.48. The van der Waals surface area contributed by atoms with Crippen molar-refractivity contribution >= 4 is 32.3 Å². The molecule has 3 rings (SSSR count). The Morgan fingerprint density at radius 2 is 1.54 bits per heavy atom. The summed E-state index contributed by atoms with van der Waals surface area (Å²) in [4.78, 5) is -0.0955. The van der Waals surface area contributed by atoms with Gasteiger partial charge >= 0.3 is 0 Å². The molecule has 0 aliphatic heterocycles. The smallest absolute Gasteiger partial charge is 0.295 e. The predicted octanol–water partition coefficient (Wildman–Crippen LogP) is 4.95. The maximum absolute atomic E-state index is 11.7. The molecule has 0 fully saturated rings. The molecule has 4 nitrogen and oxygen atoms in total. The van der Waals surface area contributed by atoms with E-state index in [1.165, 1.54) is 11.6 Å². The van der Waals surface area contributed by atoms with E-state index in [1.807, 2.05) is 42.5 Å². The number of rotatable bonds is 4. The largest absolute Gasteiger partial charge is 0.355 e. The van der Waals surface area contributed by atoms with E-state index < -0.39 is 10.1 Å². The molecule has 0 bridgehead atoms. The van der Waals surface area contributed by atoms with Crippen LogP contribution in [0.4, 0.5) is 11.4 Å². The number of anilines is 2. The Bertz CT molecular complexity index is 972. The topological polar surface area (TPSA) is 66.4 Å². The van der Waals surface area contributed by atoms with Crippen molar-refractivity contribution < 1.29 is 13.0 Å². The van der Waals surface area contributed by atoms with Crippen molar-refractivity contribution in [2.75, 3.05) is 5.32 Å². The van der Waals surface area contributed by atoms with E-state index in [0.29, 0.717) is 17.0 Å². The van der Waals surface area contributed by atoms with Crippen molar-refractivity contribution in [3.05, 3.63) is 66.2 Å². The fourth-order valence-electron chi connectivity index (χ4n) is 2.73. The highest BCUT2D eigenvalue weighted by Gasteiger charge is 2.16. The molecule has 124 valence electrons. The van der Waals surface area contributed by atoms with Gasteiger partial charge in [0.05, 0.1) is 0 Å². The molecule has 3 aromatic rings. The second-order valence-corrected chi connectivity index (χ2v) is 7.43. The van der Waals surface area contributed by atoms with Crippen LogP contribution >= 0.6 is 0 Å². The molecule has 0 saturated carbocycles. The molecule has 0 aliphatic rings. The van der Waals surface area contributed by atoms with Gasteiger partial charge in [0.1, 0.15) is 4.90 Å². The van der Waals surface area contributed by atoms with E-state index in [0.717, 1.165) is 11.1 Å². The molecule has 0 saturated heterocycles. The van der Waals surface area contributed by atoms with Crippen LogP contribution in [0.3, 0.4) is 0 Å². The van der Waals surface area contributed by atoms with Gasteiger partial charge < -0.3 is 5.32 Å². The lowest BCUT2D eigenvalue weighted by Gasteiger charge is -2.13. The molecule has 0 heterocycles. The maximum Gasteiger partial charge on any atom is 0.295 e. The Labute approximate surface area is 141 Å². The van der Waals surface area contributed by atoms with Crippen molar-refractivity contribution in [2.45, 2.75) is 24.7 Å². The zero-order chi connectivity index (χ0) is 17.3. The molecule has 0 radical (unpaired) electrons. The van der Waals surface area contributed by atoms with Gasteiger partial charge in [0.2, 0.25) is 0 Å². The molecular formula is C19H19NO3S. The third kappa shape index (κ3) is 3.27. The Kier molecular flexibility index (Phi) is 4.30. The summed E-state index contributed by atoms with van der Waals surface area (Å²) in [6, 6.07) is 18.3. The summed E-state index contributed by atoms with van der Waals surface area (Å²) >= 11 is 0. The lowest BCUT2D eigenvalue weighted by molar-refractivity contribution is 0.484. The molecule has 0 atom stereocenters. The van der Waals surface area contributed by atoms with E-state index in [1.54, 1.807) is 12.1 Å². The number of hydrogen-bond donors (Lipinski definition) is 2. The van der Waals surface area contributed by atoms with Crippen LogP contribution in [0.2, 0.25) is 0 Å². The molecule has 0 unspecified atom stereocenters. The number of hydrogen-bond acceptors (Lipinski definition) is 3. The second kappa shape index (κ2) is 6.26. The molecule has 3 aromatic carbocycles. The van der Waals surface area contributed by atoms with E-state index >= 15 is 0 Å². The molecule has 0 spiro atoms. The van der Waals surface area contributed by atoms with Crippen molar-refractivity contribution in [1.82, 2.24) is 0 Å². The minimum Gasteiger partial charge on any atom is -0.355 e. The standard InChI is InChI=1S/C19H19NO3S/c1-13(2)14-9-11-16(12-10-14)20-17-7-3-5-15-6-4-8-18(19(15)17)24(21,22)23/h3-13,20H,1-2H3,(H,21,22,23). The SMILES string of the molecule is CC(C)c1ccc(Nc2cccc3cccc(S(=O)(=O)O)c23)cc1. The van der Waals surface area contributed by atoms with Gasteiger partial charge in [0.25, 0.3) is 10.1 Å². The van der Waals surface area contributed by atoms with E-state index in [2.05, 4.69) is 19.2 Å². The van der Waals surface area contributed by atoms with E-state index in [9.17, 15) is 13.0 Å². The average Bonchev–Trinajstić information content (AvgIpc) is 2.54. The van der Waals surface area contributed by atoms with Crippen LogP contribution in [-0.2, 0) is 10.1 Å². The molecule has 0 aromatic heterocycles. The lowest BCUT2D eigenvalue weighted by atomic mass is 10.0. The Balaban J connectivity index is 2.10. The van der Waals surface area contributed by atoms with E-state index in [4.69, 9.17) is 0 Å². The quantitative estimate of drug-likeness (QED) is 0.659. The van der Waals surface area contributed by atoms with Gasteiger partial charge in [-0.1, -0.05) is 50.2 Å². The van der Waals surface area contributed by atoms with Crippen LogP contribution in [0.15, 0.2) is 65.6 Å². The minimum atomic E-state index is -4.30. The van der Waals surface area contributed by atoms with Gasteiger partial charge in [-0.15, -0.1) is 0 Å². The summed E-state index contributed by atoms with van der Waals surface area (Å²) < 4.78 is 32.9. The first-order valence-corrected chi connectivity index (χ1v) is 9.16. The molecular weight excluding hydrogens is 322 g/mol. The van der Waals surface area contributed by atoms with Gasteiger partial charge in [0, 0.05) is 16.8 Å². The third-order valence-electron chi connectivity index (χ3n) is 4.00. The lowest BCUT2D eigenvalue weighted by Crippen LogP contribution is -2.01. The number of fused-ring (bicyclic) bond motifs is 1. The fourth-order valence-corrected chi connectivity index (χ4v) is 3.47. The zero-order valence-corrected chi connectivity index (χ0v) is 14.3. The summed E-state index contributed by atoms with van der Waals surface area (Å²) in [5.41, 5.74) is 2.73. The van der Waals surface area contributed by atoms with Crippen LogP contribution in [0, 0.1) is 0 Å². The monoisotopic (exact) mass is 341 g/mol. The average molecular weight is 341 g/mol. The van der Waals surface area contributed by atoms with Gasteiger partial charge in [-0.25, -0.2) is 0 Å². The highest BCUT2D eigenvalue weighted by atomic mass is 32.2. The molecule has 24 heavy (non-hydrogen) atoms. The highest BCUT2D eigenvalue weighted by molar-refractivity contribution is 7.86. The van der Waals surface area contributed by atoms with E-state index in [-0.39, 0.29) is 4.90 Å². The first-order chi connectivity index (χ1) is 11.4. The van der Waals surface area contributed by atoms with Crippen molar-refractivity contribution in [2.24, 2.45) is 0 Å². The fraction of sp³-hybridized carbons (Fsp3) is 0.158. The highest BCUT2D eigenvalue weighted by Crippen LogP contribution is 2.32. The minimum absolute atomic E-state index is 0.0955. The summed E-state index contributed by atoms with van der Waals surface area (Å²) in [7, 11) is -4.30. The Morgan fingerprint density at radius 1 is 0.917 bits per heavy atom. The molecule has 5 heteroatoms. The van der Waals surface area contributed by atoms with Crippen molar-refractivity contribution in [3.8, 4) is 0 Å².